The van der Waals surface area contributed by atoms with Crippen molar-refractivity contribution in [2.45, 2.75) is 45.6 Å². The SMILES string of the molecule is CC(=O)NC(C)(C)C1CC=C(CS(=O)(=O)O)CC1. The van der Waals surface area contributed by atoms with E-state index in [0.29, 0.717) is 6.42 Å². The molecular weight excluding hydrogens is 254 g/mol. The molecule has 1 aliphatic carbocycles. The summed E-state index contributed by atoms with van der Waals surface area (Å²) < 4.78 is 30.4. The number of hydrogen-bond donors (Lipinski definition) is 2. The first-order valence-electron chi connectivity index (χ1n) is 6.02. The highest BCUT2D eigenvalue weighted by atomic mass is 32.2. The first kappa shape index (κ1) is 15.2. The van der Waals surface area contributed by atoms with Gasteiger partial charge in [-0.3, -0.25) is 9.35 Å². The smallest absolute Gasteiger partial charge is 0.268 e. The highest BCUT2D eigenvalue weighted by molar-refractivity contribution is 7.85. The highest BCUT2D eigenvalue weighted by Crippen LogP contribution is 2.32. The van der Waals surface area contributed by atoms with Crippen LogP contribution in [0.3, 0.4) is 0 Å². The second-order valence-electron chi connectivity index (χ2n) is 5.46. The van der Waals surface area contributed by atoms with E-state index in [4.69, 9.17) is 4.55 Å². The topological polar surface area (TPSA) is 83.5 Å². The zero-order valence-corrected chi connectivity index (χ0v) is 11.9. The molecule has 2 N–H and O–H groups in total. The Morgan fingerprint density at radius 1 is 1.56 bits per heavy atom. The minimum Gasteiger partial charge on any atom is -0.351 e. The molecule has 0 fully saturated rings. The second-order valence-corrected chi connectivity index (χ2v) is 6.92. The van der Waals surface area contributed by atoms with Crippen molar-refractivity contribution in [3.8, 4) is 0 Å². The minimum absolute atomic E-state index is 0.0623. The summed E-state index contributed by atoms with van der Waals surface area (Å²) in [4.78, 5) is 11.1. The molecule has 0 radical (unpaired) electrons. The van der Waals surface area contributed by atoms with Crippen molar-refractivity contribution in [2.75, 3.05) is 5.75 Å². The molecule has 5 nitrogen and oxygen atoms in total. The summed E-state index contributed by atoms with van der Waals surface area (Å²) in [7, 11) is -3.93. The molecule has 1 aliphatic rings. The van der Waals surface area contributed by atoms with E-state index in [9.17, 15) is 13.2 Å². The summed E-state index contributed by atoms with van der Waals surface area (Å²) in [5, 5.41) is 2.92. The van der Waals surface area contributed by atoms with Crippen LogP contribution in [0.15, 0.2) is 11.6 Å². The van der Waals surface area contributed by atoms with E-state index in [0.717, 1.165) is 18.4 Å². The van der Waals surface area contributed by atoms with Gasteiger partial charge in [-0.25, -0.2) is 0 Å². The normalized spacial score (nSPS) is 21.3. The zero-order chi connectivity index (χ0) is 14.0. The third kappa shape index (κ3) is 4.78. The summed E-state index contributed by atoms with van der Waals surface area (Å²) in [6, 6.07) is 0. The van der Waals surface area contributed by atoms with Crippen LogP contribution >= 0.6 is 0 Å². The van der Waals surface area contributed by atoms with Gasteiger partial charge >= 0.3 is 0 Å². The van der Waals surface area contributed by atoms with Crippen LogP contribution < -0.4 is 5.32 Å². The van der Waals surface area contributed by atoms with Gasteiger partial charge in [0, 0.05) is 12.5 Å². The molecule has 0 aromatic carbocycles. The molecule has 0 saturated carbocycles. The van der Waals surface area contributed by atoms with Crippen molar-refractivity contribution in [3.05, 3.63) is 11.6 Å². The minimum atomic E-state index is -3.93. The molecule has 18 heavy (non-hydrogen) atoms. The average Bonchev–Trinajstić information content (AvgIpc) is 2.13. The molecule has 6 heteroatoms. The van der Waals surface area contributed by atoms with Crippen LogP contribution in [0.4, 0.5) is 0 Å². The Morgan fingerprint density at radius 2 is 2.17 bits per heavy atom. The molecule has 1 amide bonds. The number of carbonyl (C=O) groups is 1. The summed E-state index contributed by atoms with van der Waals surface area (Å²) in [5.74, 6) is -0.0560. The van der Waals surface area contributed by atoms with Crippen molar-refractivity contribution < 1.29 is 17.8 Å². The number of rotatable bonds is 4. The van der Waals surface area contributed by atoms with Crippen LogP contribution in [0.2, 0.25) is 0 Å². The van der Waals surface area contributed by atoms with Gasteiger partial charge in [0.1, 0.15) is 0 Å². The van der Waals surface area contributed by atoms with Gasteiger partial charge in [0.15, 0.2) is 0 Å². The Kier molecular flexibility index (Phi) is 4.55. The quantitative estimate of drug-likeness (QED) is 0.602. The Hall–Kier alpha value is -0.880. The Balaban J connectivity index is 2.65. The fourth-order valence-electron chi connectivity index (χ4n) is 2.47. The lowest BCUT2D eigenvalue weighted by molar-refractivity contribution is -0.121. The number of hydrogen-bond acceptors (Lipinski definition) is 3. The molecule has 0 aliphatic heterocycles. The largest absolute Gasteiger partial charge is 0.351 e. The number of nitrogens with one attached hydrogen (secondary N) is 1. The van der Waals surface area contributed by atoms with Crippen LogP contribution in [0.25, 0.3) is 0 Å². The van der Waals surface area contributed by atoms with E-state index in [1.54, 1.807) is 0 Å². The Bertz CT molecular complexity index is 451. The van der Waals surface area contributed by atoms with Gasteiger partial charge in [-0.1, -0.05) is 11.6 Å². The van der Waals surface area contributed by atoms with Crippen molar-refractivity contribution in [3.63, 3.8) is 0 Å². The van der Waals surface area contributed by atoms with E-state index in [1.165, 1.54) is 6.92 Å². The zero-order valence-electron chi connectivity index (χ0n) is 11.1. The molecule has 0 spiro atoms. The summed E-state index contributed by atoms with van der Waals surface area (Å²) in [6.07, 6.45) is 4.05. The van der Waals surface area contributed by atoms with E-state index in [1.807, 2.05) is 19.9 Å². The van der Waals surface area contributed by atoms with E-state index < -0.39 is 10.1 Å². The van der Waals surface area contributed by atoms with Gasteiger partial charge in [-0.15, -0.1) is 0 Å². The maximum Gasteiger partial charge on any atom is 0.268 e. The number of carbonyl (C=O) groups excluding carboxylic acids is 1. The Labute approximate surface area is 108 Å². The maximum absolute atomic E-state index is 11.1. The van der Waals surface area contributed by atoms with Gasteiger partial charge < -0.3 is 5.32 Å². The lowest BCUT2D eigenvalue weighted by atomic mass is 9.77. The van der Waals surface area contributed by atoms with Gasteiger partial charge in [-0.2, -0.15) is 8.42 Å². The fraction of sp³-hybridized carbons (Fsp3) is 0.750. The standard InChI is InChI=1S/C12H21NO4S/c1-9(14)13-12(2,3)11-6-4-10(5-7-11)8-18(15,16)17/h4,11H,5-8H2,1-3H3,(H,13,14)(H,15,16,17). The third-order valence-corrected chi connectivity index (χ3v) is 4.13. The molecule has 0 aromatic heterocycles. The second kappa shape index (κ2) is 5.40. The molecule has 0 saturated heterocycles. The number of amides is 1. The van der Waals surface area contributed by atoms with E-state index >= 15 is 0 Å². The van der Waals surface area contributed by atoms with Crippen molar-refractivity contribution in [2.24, 2.45) is 5.92 Å². The van der Waals surface area contributed by atoms with Crippen LogP contribution in [0.5, 0.6) is 0 Å². The molecule has 104 valence electrons. The molecule has 1 rings (SSSR count). The molecule has 0 aromatic rings. The van der Waals surface area contributed by atoms with Crippen LogP contribution in [0, 0.1) is 5.92 Å². The maximum atomic E-state index is 11.1. The van der Waals surface area contributed by atoms with Gasteiger partial charge in [0.2, 0.25) is 5.91 Å². The van der Waals surface area contributed by atoms with Crippen molar-refractivity contribution in [1.82, 2.24) is 5.32 Å². The van der Waals surface area contributed by atoms with E-state index in [-0.39, 0.29) is 23.1 Å². The lowest BCUT2D eigenvalue weighted by Crippen LogP contribution is -2.48. The first-order valence-corrected chi connectivity index (χ1v) is 7.63. The summed E-state index contributed by atoms with van der Waals surface area (Å²) >= 11 is 0. The Morgan fingerprint density at radius 3 is 2.56 bits per heavy atom. The van der Waals surface area contributed by atoms with Gasteiger partial charge in [-0.05, 0) is 39.0 Å². The van der Waals surface area contributed by atoms with Gasteiger partial charge in [0.05, 0.1) is 5.75 Å². The molecule has 0 bridgehead atoms. The predicted molar refractivity (Wildman–Crippen MR) is 69.7 cm³/mol. The average molecular weight is 275 g/mol. The third-order valence-electron chi connectivity index (χ3n) is 3.39. The number of allylic oxidation sites excluding steroid dienone is 1. The summed E-state index contributed by atoms with van der Waals surface area (Å²) in [6.45, 7) is 5.44. The predicted octanol–water partition coefficient (Wildman–Crippen LogP) is 1.52. The van der Waals surface area contributed by atoms with Gasteiger partial charge in [0.25, 0.3) is 10.1 Å². The first-order chi connectivity index (χ1) is 8.10. The monoisotopic (exact) mass is 275 g/mol. The van der Waals surface area contributed by atoms with E-state index in [2.05, 4.69) is 5.32 Å². The highest BCUT2D eigenvalue weighted by Gasteiger charge is 2.31. The lowest BCUT2D eigenvalue weighted by Gasteiger charge is -2.36. The fourth-order valence-corrected chi connectivity index (χ4v) is 3.20. The van der Waals surface area contributed by atoms with Crippen molar-refractivity contribution in [1.29, 1.82) is 0 Å². The molecule has 1 atom stereocenters. The van der Waals surface area contributed by atoms with Crippen molar-refractivity contribution >= 4 is 16.0 Å². The van der Waals surface area contributed by atoms with Crippen LogP contribution in [0.1, 0.15) is 40.0 Å². The van der Waals surface area contributed by atoms with Crippen LogP contribution in [-0.4, -0.2) is 30.2 Å². The summed E-state index contributed by atoms with van der Waals surface area (Å²) in [5.41, 5.74) is 0.457. The van der Waals surface area contributed by atoms with Crippen LogP contribution in [-0.2, 0) is 14.9 Å². The molecule has 0 heterocycles. The molecular formula is C12H21NO4S. The molecule has 1 unspecified atom stereocenters.